The first-order valence-electron chi connectivity index (χ1n) is 5.85. The number of nitrogen functional groups attached to an aromatic ring is 1. The van der Waals surface area contributed by atoms with Crippen molar-refractivity contribution in [2.75, 3.05) is 12.3 Å². The maximum absolute atomic E-state index is 13.0. The summed E-state index contributed by atoms with van der Waals surface area (Å²) in [7, 11) is 0. The molecular weight excluding hydrogens is 266 g/mol. The van der Waals surface area contributed by atoms with Gasteiger partial charge in [-0.1, -0.05) is 0 Å². The van der Waals surface area contributed by atoms with Gasteiger partial charge in [-0.05, 0) is 24.1 Å². The van der Waals surface area contributed by atoms with Gasteiger partial charge in [0.15, 0.2) is 0 Å². The minimum absolute atomic E-state index is 0.0930. The number of halogens is 2. The van der Waals surface area contributed by atoms with Crippen LogP contribution >= 0.6 is 0 Å². The molecule has 0 bridgehead atoms. The van der Waals surface area contributed by atoms with Crippen LogP contribution in [0.25, 0.3) is 0 Å². The lowest BCUT2D eigenvalue weighted by Crippen LogP contribution is -2.27. The molecule has 0 radical (unpaired) electrons. The molecule has 0 aliphatic rings. The second kappa shape index (κ2) is 6.05. The van der Waals surface area contributed by atoms with Gasteiger partial charge >= 0.3 is 0 Å². The van der Waals surface area contributed by atoms with Gasteiger partial charge in [-0.3, -0.25) is 9.78 Å². The van der Waals surface area contributed by atoms with Gasteiger partial charge in [-0.2, -0.15) is 0 Å². The number of hydrogen-bond donors (Lipinski definition) is 2. The molecule has 2 aromatic rings. The van der Waals surface area contributed by atoms with E-state index in [1.165, 1.54) is 24.5 Å². The van der Waals surface area contributed by atoms with Crippen molar-refractivity contribution in [1.29, 1.82) is 0 Å². The van der Waals surface area contributed by atoms with E-state index in [-0.39, 0.29) is 18.1 Å². The summed E-state index contributed by atoms with van der Waals surface area (Å²) in [5.74, 6) is -1.59. The van der Waals surface area contributed by atoms with Gasteiger partial charge in [0.2, 0.25) is 0 Å². The number of carbonyl (C=O) groups excluding carboxylic acids is 1. The Hall–Kier alpha value is -2.57. The number of rotatable bonds is 4. The van der Waals surface area contributed by atoms with Crippen molar-refractivity contribution in [1.82, 2.24) is 15.3 Å². The number of amides is 1. The summed E-state index contributed by atoms with van der Waals surface area (Å²) in [6.45, 7) is 0.220. The van der Waals surface area contributed by atoms with Gasteiger partial charge < -0.3 is 11.1 Å². The van der Waals surface area contributed by atoms with Crippen molar-refractivity contribution in [3.8, 4) is 0 Å². The molecule has 0 unspecified atom stereocenters. The maximum Gasteiger partial charge on any atom is 0.271 e. The van der Waals surface area contributed by atoms with Gasteiger partial charge in [0.1, 0.15) is 23.1 Å². The van der Waals surface area contributed by atoms with Crippen LogP contribution in [-0.4, -0.2) is 22.4 Å². The molecule has 0 atom stereocenters. The van der Waals surface area contributed by atoms with Gasteiger partial charge in [0, 0.05) is 12.6 Å². The summed E-state index contributed by atoms with van der Waals surface area (Å²) in [5, 5.41) is 2.57. The summed E-state index contributed by atoms with van der Waals surface area (Å²) < 4.78 is 25.9. The normalized spacial score (nSPS) is 10.3. The Morgan fingerprint density at radius 2 is 1.90 bits per heavy atom. The number of nitrogens with zero attached hydrogens (tertiary/aromatic N) is 2. The van der Waals surface area contributed by atoms with Crippen molar-refractivity contribution in [2.24, 2.45) is 0 Å². The van der Waals surface area contributed by atoms with Crippen molar-refractivity contribution >= 4 is 11.7 Å². The van der Waals surface area contributed by atoms with E-state index >= 15 is 0 Å². The van der Waals surface area contributed by atoms with E-state index in [0.29, 0.717) is 12.0 Å². The number of hydrogen-bond acceptors (Lipinski definition) is 4. The zero-order chi connectivity index (χ0) is 14.5. The Labute approximate surface area is 113 Å². The van der Waals surface area contributed by atoms with E-state index in [1.807, 2.05) is 0 Å². The zero-order valence-electron chi connectivity index (χ0n) is 10.4. The van der Waals surface area contributed by atoms with Crippen molar-refractivity contribution in [3.05, 3.63) is 53.5 Å². The largest absolute Gasteiger partial charge is 0.382 e. The highest BCUT2D eigenvalue weighted by Crippen LogP contribution is 2.08. The van der Waals surface area contributed by atoms with E-state index < -0.39 is 17.5 Å². The molecule has 1 aromatic carbocycles. The molecule has 0 spiro atoms. The van der Waals surface area contributed by atoms with Crippen molar-refractivity contribution in [3.63, 3.8) is 0 Å². The minimum atomic E-state index is -0.645. The second-order valence-electron chi connectivity index (χ2n) is 4.11. The highest BCUT2D eigenvalue weighted by molar-refractivity contribution is 5.92. The topological polar surface area (TPSA) is 80.9 Å². The SMILES string of the molecule is Nc1cncc(C(=O)NCCc2cc(F)cc(F)c2)n1. The lowest BCUT2D eigenvalue weighted by Gasteiger charge is -2.05. The summed E-state index contributed by atoms with van der Waals surface area (Å²) in [4.78, 5) is 19.3. The lowest BCUT2D eigenvalue weighted by molar-refractivity contribution is 0.0949. The molecule has 7 heteroatoms. The van der Waals surface area contributed by atoms with Gasteiger partial charge in [-0.15, -0.1) is 0 Å². The second-order valence-corrected chi connectivity index (χ2v) is 4.11. The molecule has 2 rings (SSSR count). The van der Waals surface area contributed by atoms with E-state index in [4.69, 9.17) is 5.73 Å². The lowest BCUT2D eigenvalue weighted by atomic mass is 10.1. The quantitative estimate of drug-likeness (QED) is 0.883. The van der Waals surface area contributed by atoms with Crippen molar-refractivity contribution in [2.45, 2.75) is 6.42 Å². The first-order chi connectivity index (χ1) is 9.54. The molecule has 3 N–H and O–H groups in total. The number of nitrogens with two attached hydrogens (primary N) is 1. The Balaban J connectivity index is 1.91. The van der Waals surface area contributed by atoms with Crippen LogP contribution < -0.4 is 11.1 Å². The van der Waals surface area contributed by atoms with E-state index in [2.05, 4.69) is 15.3 Å². The van der Waals surface area contributed by atoms with E-state index in [9.17, 15) is 13.6 Å². The van der Waals surface area contributed by atoms with Crippen LogP contribution in [0, 0.1) is 11.6 Å². The molecule has 0 saturated carbocycles. The average Bonchev–Trinajstić information content (AvgIpc) is 2.37. The van der Waals surface area contributed by atoms with Crippen LogP contribution in [0.5, 0.6) is 0 Å². The highest BCUT2D eigenvalue weighted by Gasteiger charge is 2.08. The van der Waals surface area contributed by atoms with Gasteiger partial charge in [0.05, 0.1) is 12.4 Å². The number of carbonyl (C=O) groups is 1. The van der Waals surface area contributed by atoms with E-state index in [1.54, 1.807) is 0 Å². The monoisotopic (exact) mass is 278 g/mol. The summed E-state index contributed by atoms with van der Waals surface area (Å²) >= 11 is 0. The molecule has 1 aromatic heterocycles. The molecule has 20 heavy (non-hydrogen) atoms. The van der Waals surface area contributed by atoms with E-state index in [0.717, 1.165) is 6.07 Å². The zero-order valence-corrected chi connectivity index (χ0v) is 10.4. The first-order valence-corrected chi connectivity index (χ1v) is 5.85. The van der Waals surface area contributed by atoms with Crippen LogP contribution in [0.15, 0.2) is 30.6 Å². The number of anilines is 1. The first kappa shape index (κ1) is 13.9. The third-order valence-electron chi connectivity index (χ3n) is 2.51. The highest BCUT2D eigenvalue weighted by atomic mass is 19.1. The molecule has 1 heterocycles. The van der Waals surface area contributed by atoms with Crippen LogP contribution in [0.3, 0.4) is 0 Å². The van der Waals surface area contributed by atoms with Gasteiger partial charge in [-0.25, -0.2) is 13.8 Å². The summed E-state index contributed by atoms with van der Waals surface area (Å²) in [6.07, 6.45) is 2.91. The standard InChI is InChI=1S/C13H12F2N4O/c14-9-3-8(4-10(15)5-9)1-2-18-13(20)11-6-17-7-12(16)19-11/h3-7H,1-2H2,(H2,16,19)(H,18,20). The summed E-state index contributed by atoms with van der Waals surface area (Å²) in [6, 6.07) is 3.23. The van der Waals surface area contributed by atoms with Crippen molar-refractivity contribution < 1.29 is 13.6 Å². The molecule has 0 saturated heterocycles. The third-order valence-corrected chi connectivity index (χ3v) is 2.51. The Kier molecular flexibility index (Phi) is 4.19. The number of nitrogens with one attached hydrogen (secondary N) is 1. The smallest absolute Gasteiger partial charge is 0.271 e. The van der Waals surface area contributed by atoms with Gasteiger partial charge in [0.25, 0.3) is 5.91 Å². The maximum atomic E-state index is 13.0. The predicted molar refractivity (Wildman–Crippen MR) is 68.8 cm³/mol. The fraction of sp³-hybridized carbons (Fsp3) is 0.154. The summed E-state index contributed by atoms with van der Waals surface area (Å²) in [5.41, 5.74) is 5.97. The third kappa shape index (κ3) is 3.71. The Bertz CT molecular complexity index is 613. The molecule has 0 fully saturated rings. The molecule has 1 amide bonds. The number of aromatic nitrogens is 2. The Morgan fingerprint density at radius 3 is 2.55 bits per heavy atom. The average molecular weight is 278 g/mol. The van der Waals surface area contributed by atoms with Crippen LogP contribution in [0.2, 0.25) is 0 Å². The molecule has 0 aliphatic heterocycles. The fourth-order valence-electron chi connectivity index (χ4n) is 1.66. The predicted octanol–water partition coefficient (Wildman–Crippen LogP) is 1.31. The molecule has 0 aliphatic carbocycles. The fourth-order valence-corrected chi connectivity index (χ4v) is 1.66. The number of benzene rings is 1. The van der Waals surface area contributed by atoms with Crippen LogP contribution in [-0.2, 0) is 6.42 Å². The molecule has 104 valence electrons. The Morgan fingerprint density at radius 1 is 1.20 bits per heavy atom. The molecular formula is C13H12F2N4O. The molecule has 5 nitrogen and oxygen atoms in total. The van der Waals surface area contributed by atoms with Crippen LogP contribution in [0.1, 0.15) is 16.1 Å². The van der Waals surface area contributed by atoms with Crippen LogP contribution in [0.4, 0.5) is 14.6 Å². The minimum Gasteiger partial charge on any atom is -0.382 e.